The van der Waals surface area contributed by atoms with Crippen LogP contribution in [0.4, 0.5) is 0 Å². The van der Waals surface area contributed by atoms with Crippen molar-refractivity contribution in [2.24, 2.45) is 4.99 Å². The Labute approximate surface area is 93.4 Å². The molecule has 0 N–H and O–H groups in total. The molecular weight excluding hydrogens is 184 g/mol. The topological polar surface area (TPSA) is 15.6 Å². The zero-order chi connectivity index (χ0) is 10.9. The number of likely N-dealkylation sites (tertiary alicyclic amines) is 1. The highest BCUT2D eigenvalue weighted by Gasteiger charge is 2.03. The van der Waals surface area contributed by atoms with E-state index >= 15 is 0 Å². The van der Waals surface area contributed by atoms with Gasteiger partial charge in [0.15, 0.2) is 0 Å². The summed E-state index contributed by atoms with van der Waals surface area (Å²) in [7, 11) is 1.82. The lowest BCUT2D eigenvalue weighted by Crippen LogP contribution is -2.17. The molecule has 1 rings (SSSR count). The lowest BCUT2D eigenvalue weighted by molar-refractivity contribution is 0.392. The molecule has 0 spiro atoms. The Morgan fingerprint density at radius 1 is 1.07 bits per heavy atom. The molecule has 1 saturated heterocycles. The molecule has 0 radical (unpaired) electrons. The van der Waals surface area contributed by atoms with Crippen molar-refractivity contribution in [3.8, 4) is 0 Å². The molecule has 1 fully saturated rings. The second-order valence-electron chi connectivity index (χ2n) is 4.02. The lowest BCUT2D eigenvalue weighted by Gasteiger charge is -2.16. The zero-order valence-corrected chi connectivity index (χ0v) is 9.95. The van der Waals surface area contributed by atoms with Gasteiger partial charge in [0.1, 0.15) is 0 Å². The van der Waals surface area contributed by atoms with Crippen molar-refractivity contribution in [1.29, 1.82) is 0 Å². The molecule has 0 aromatic rings. The van der Waals surface area contributed by atoms with Crippen LogP contribution in [-0.4, -0.2) is 30.7 Å². The molecule has 0 aromatic carbocycles. The van der Waals surface area contributed by atoms with Crippen LogP contribution in [0.2, 0.25) is 0 Å². The summed E-state index contributed by atoms with van der Waals surface area (Å²) in [4.78, 5) is 6.48. The zero-order valence-electron chi connectivity index (χ0n) is 9.95. The molecule has 0 amide bonds. The molecule has 15 heavy (non-hydrogen) atoms. The first kappa shape index (κ1) is 12.0. The van der Waals surface area contributed by atoms with E-state index in [1.165, 1.54) is 38.8 Å². The van der Waals surface area contributed by atoms with Gasteiger partial charge < -0.3 is 4.90 Å². The first-order valence-corrected chi connectivity index (χ1v) is 5.85. The molecule has 2 nitrogen and oxygen atoms in total. The summed E-state index contributed by atoms with van der Waals surface area (Å²) in [5.41, 5.74) is 1.07. The first-order chi connectivity index (χ1) is 7.33. The summed E-state index contributed by atoms with van der Waals surface area (Å²) < 4.78 is 0. The second kappa shape index (κ2) is 7.27. The van der Waals surface area contributed by atoms with Gasteiger partial charge >= 0.3 is 0 Å². The average Bonchev–Trinajstić information content (AvgIpc) is 2.52. The van der Waals surface area contributed by atoms with Gasteiger partial charge in [-0.2, -0.15) is 0 Å². The Balaban J connectivity index is 2.32. The number of aliphatic imine (C=N–C) groups is 1. The smallest absolute Gasteiger partial charge is 0.0313 e. The van der Waals surface area contributed by atoms with Crippen LogP contribution in [0.5, 0.6) is 0 Å². The van der Waals surface area contributed by atoms with Crippen LogP contribution in [0.25, 0.3) is 0 Å². The maximum absolute atomic E-state index is 4.07. The molecule has 0 aromatic heterocycles. The molecule has 1 aliphatic rings. The van der Waals surface area contributed by atoms with Gasteiger partial charge in [0.25, 0.3) is 0 Å². The Bertz CT molecular complexity index is 243. The van der Waals surface area contributed by atoms with Crippen molar-refractivity contribution in [3.05, 3.63) is 24.4 Å². The predicted molar refractivity (Wildman–Crippen MR) is 67.4 cm³/mol. The Morgan fingerprint density at radius 2 is 1.73 bits per heavy atom. The van der Waals surface area contributed by atoms with Crippen LogP contribution < -0.4 is 0 Å². The van der Waals surface area contributed by atoms with Gasteiger partial charge in [0, 0.05) is 25.8 Å². The molecule has 2 heteroatoms. The predicted octanol–water partition coefficient (Wildman–Crippen LogP) is 3.02. The second-order valence-corrected chi connectivity index (χ2v) is 4.02. The van der Waals surface area contributed by atoms with Gasteiger partial charge in [-0.1, -0.05) is 18.9 Å². The van der Waals surface area contributed by atoms with Gasteiger partial charge in [-0.25, -0.2) is 0 Å². The average molecular weight is 206 g/mol. The summed E-state index contributed by atoms with van der Waals surface area (Å²) in [6.07, 6.45) is 13.9. The first-order valence-electron chi connectivity index (χ1n) is 5.85. The monoisotopic (exact) mass is 206 g/mol. The third kappa shape index (κ3) is 5.40. The molecule has 0 atom stereocenters. The van der Waals surface area contributed by atoms with Crippen molar-refractivity contribution >= 4 is 5.71 Å². The molecule has 0 saturated carbocycles. The molecular formula is C13H22N2. The Morgan fingerprint density at radius 3 is 2.33 bits per heavy atom. The van der Waals surface area contributed by atoms with E-state index in [4.69, 9.17) is 0 Å². The number of rotatable bonds is 3. The van der Waals surface area contributed by atoms with E-state index in [2.05, 4.69) is 28.2 Å². The van der Waals surface area contributed by atoms with E-state index in [9.17, 15) is 0 Å². The third-order valence-corrected chi connectivity index (χ3v) is 2.74. The van der Waals surface area contributed by atoms with Gasteiger partial charge in [0.05, 0.1) is 0 Å². The van der Waals surface area contributed by atoms with Crippen molar-refractivity contribution < 1.29 is 0 Å². The quantitative estimate of drug-likeness (QED) is 0.512. The van der Waals surface area contributed by atoms with E-state index in [0.29, 0.717) is 0 Å². The minimum absolute atomic E-state index is 1.07. The number of hydrogen-bond acceptors (Lipinski definition) is 2. The van der Waals surface area contributed by atoms with Gasteiger partial charge in [-0.15, -0.1) is 0 Å². The van der Waals surface area contributed by atoms with Crippen LogP contribution in [0.3, 0.4) is 0 Å². The van der Waals surface area contributed by atoms with Gasteiger partial charge in [0.2, 0.25) is 0 Å². The number of hydrogen-bond donors (Lipinski definition) is 0. The molecule has 84 valence electrons. The highest BCUT2D eigenvalue weighted by atomic mass is 15.1. The van der Waals surface area contributed by atoms with E-state index in [1.54, 1.807) is 0 Å². The van der Waals surface area contributed by atoms with E-state index in [-0.39, 0.29) is 0 Å². The summed E-state index contributed by atoms with van der Waals surface area (Å²) in [6.45, 7) is 4.44. The highest BCUT2D eigenvalue weighted by molar-refractivity contribution is 5.92. The number of nitrogens with zero attached hydrogens (tertiary/aromatic N) is 2. The van der Waals surface area contributed by atoms with Crippen molar-refractivity contribution in [1.82, 2.24) is 4.90 Å². The van der Waals surface area contributed by atoms with Gasteiger partial charge in [-0.05, 0) is 38.1 Å². The molecule has 0 unspecified atom stereocenters. The van der Waals surface area contributed by atoms with Crippen LogP contribution in [0.1, 0.15) is 32.6 Å². The van der Waals surface area contributed by atoms with Crippen molar-refractivity contribution in [2.75, 3.05) is 20.1 Å². The molecule has 0 aliphatic carbocycles. The highest BCUT2D eigenvalue weighted by Crippen LogP contribution is 2.09. The summed E-state index contributed by atoms with van der Waals surface area (Å²) in [6, 6.07) is 0. The minimum atomic E-state index is 1.07. The minimum Gasteiger partial charge on any atom is -0.377 e. The van der Waals surface area contributed by atoms with E-state index in [1.807, 2.05) is 20.0 Å². The molecule has 1 heterocycles. The van der Waals surface area contributed by atoms with Gasteiger partial charge in [-0.3, -0.25) is 4.99 Å². The van der Waals surface area contributed by atoms with Crippen molar-refractivity contribution in [2.45, 2.75) is 32.6 Å². The maximum atomic E-state index is 4.07. The molecule has 1 aliphatic heterocycles. The fourth-order valence-electron chi connectivity index (χ4n) is 1.68. The SMILES string of the molecule is CN=C(C)C=CC=CN1CCCCCC1. The maximum Gasteiger partial charge on any atom is 0.0313 e. The Hall–Kier alpha value is -1.05. The number of allylic oxidation sites excluding steroid dienone is 3. The van der Waals surface area contributed by atoms with Crippen molar-refractivity contribution in [3.63, 3.8) is 0 Å². The summed E-state index contributed by atoms with van der Waals surface area (Å²) >= 11 is 0. The van der Waals surface area contributed by atoms with Crippen LogP contribution in [0.15, 0.2) is 29.4 Å². The van der Waals surface area contributed by atoms with Crippen LogP contribution in [-0.2, 0) is 0 Å². The van der Waals surface area contributed by atoms with E-state index in [0.717, 1.165) is 5.71 Å². The lowest BCUT2D eigenvalue weighted by atomic mass is 10.2. The Kier molecular flexibility index (Phi) is 5.83. The summed E-state index contributed by atoms with van der Waals surface area (Å²) in [5, 5.41) is 0. The molecule has 0 bridgehead atoms. The van der Waals surface area contributed by atoms with Crippen LogP contribution >= 0.6 is 0 Å². The largest absolute Gasteiger partial charge is 0.377 e. The standard InChI is InChI=1S/C13H22N2/c1-13(14-2)9-5-8-12-15-10-6-3-4-7-11-15/h5,8-9,12H,3-4,6-7,10-11H2,1-2H3. The fraction of sp³-hybridized carbons (Fsp3) is 0.615. The summed E-state index contributed by atoms with van der Waals surface area (Å²) in [5.74, 6) is 0. The third-order valence-electron chi connectivity index (χ3n) is 2.74. The van der Waals surface area contributed by atoms with Crippen LogP contribution in [0, 0.1) is 0 Å². The normalized spacial score (nSPS) is 20.1. The fourth-order valence-corrected chi connectivity index (χ4v) is 1.68. The van der Waals surface area contributed by atoms with E-state index < -0.39 is 0 Å².